The third-order valence-corrected chi connectivity index (χ3v) is 5.58. The van der Waals surface area contributed by atoms with Crippen molar-refractivity contribution in [3.05, 3.63) is 58.8 Å². The van der Waals surface area contributed by atoms with Gasteiger partial charge in [0.25, 0.3) is 0 Å². The smallest absolute Gasteiger partial charge is 0.186 e. The number of benzene rings is 1. The fourth-order valence-electron chi connectivity index (χ4n) is 3.90. The zero-order valence-corrected chi connectivity index (χ0v) is 15.1. The van der Waals surface area contributed by atoms with E-state index in [1.54, 1.807) is 6.33 Å². The van der Waals surface area contributed by atoms with Crippen LogP contribution >= 0.6 is 11.6 Å². The maximum Gasteiger partial charge on any atom is 0.186 e. The van der Waals surface area contributed by atoms with Crippen LogP contribution in [0.25, 0.3) is 6.08 Å². The number of aromatic nitrogens is 3. The van der Waals surface area contributed by atoms with Gasteiger partial charge in [-0.1, -0.05) is 11.6 Å². The number of anilines is 1. The molecule has 4 heterocycles. The van der Waals surface area contributed by atoms with Crippen LogP contribution in [0.5, 0.6) is 0 Å². The quantitative estimate of drug-likeness (QED) is 0.808. The van der Waals surface area contributed by atoms with Crippen molar-refractivity contribution < 1.29 is 4.39 Å². The second-order valence-corrected chi connectivity index (χ2v) is 7.22. The van der Waals surface area contributed by atoms with Crippen LogP contribution in [0.4, 0.5) is 10.1 Å². The first kappa shape index (κ1) is 15.7. The standard InChI is InChI=1S/C18H18ClFN6/c1-12-7-16(15(20)8-14(12)19)25-9-13-3-2-5-24(13)18(25)23-6-4-17-21-10-22-26(17)11-23/h4,6-10,18H,2-3,5,11H2,1H3. The molecule has 6 nitrogen and oxygen atoms in total. The van der Waals surface area contributed by atoms with Gasteiger partial charge < -0.3 is 14.7 Å². The van der Waals surface area contributed by atoms with Crippen LogP contribution in [-0.4, -0.2) is 37.4 Å². The molecule has 0 bridgehead atoms. The van der Waals surface area contributed by atoms with E-state index in [-0.39, 0.29) is 12.1 Å². The van der Waals surface area contributed by atoms with Gasteiger partial charge in [-0.05, 0) is 43.5 Å². The van der Waals surface area contributed by atoms with Gasteiger partial charge in [0.15, 0.2) is 12.1 Å². The summed E-state index contributed by atoms with van der Waals surface area (Å²) in [4.78, 5) is 10.7. The van der Waals surface area contributed by atoms with Gasteiger partial charge >= 0.3 is 0 Å². The Morgan fingerprint density at radius 3 is 3.08 bits per heavy atom. The van der Waals surface area contributed by atoms with Crippen molar-refractivity contribution >= 4 is 23.4 Å². The molecule has 134 valence electrons. The Bertz CT molecular complexity index is 936. The van der Waals surface area contributed by atoms with Crippen LogP contribution in [0.2, 0.25) is 5.02 Å². The van der Waals surface area contributed by atoms with Crippen LogP contribution in [0.1, 0.15) is 24.2 Å². The van der Waals surface area contributed by atoms with Crippen molar-refractivity contribution in [2.45, 2.75) is 32.7 Å². The number of halogens is 2. The molecule has 3 aliphatic rings. The summed E-state index contributed by atoms with van der Waals surface area (Å²) in [6.45, 7) is 3.42. The van der Waals surface area contributed by atoms with Gasteiger partial charge in [0, 0.05) is 29.7 Å². The Balaban J connectivity index is 1.56. The summed E-state index contributed by atoms with van der Waals surface area (Å²) in [5.74, 6) is 0.514. The van der Waals surface area contributed by atoms with Gasteiger partial charge in [0.2, 0.25) is 0 Å². The van der Waals surface area contributed by atoms with Crippen molar-refractivity contribution in [1.29, 1.82) is 0 Å². The van der Waals surface area contributed by atoms with Crippen molar-refractivity contribution in [3.8, 4) is 0 Å². The Labute approximate surface area is 155 Å². The second-order valence-electron chi connectivity index (χ2n) is 6.81. The van der Waals surface area contributed by atoms with Crippen molar-refractivity contribution in [2.75, 3.05) is 11.4 Å². The molecule has 1 aromatic carbocycles. The molecule has 0 aliphatic carbocycles. The molecule has 1 atom stereocenters. The summed E-state index contributed by atoms with van der Waals surface area (Å²) >= 11 is 6.09. The summed E-state index contributed by atoms with van der Waals surface area (Å²) in [5.41, 5.74) is 2.64. The monoisotopic (exact) mass is 372 g/mol. The lowest BCUT2D eigenvalue weighted by Crippen LogP contribution is -2.51. The molecular weight excluding hydrogens is 355 g/mol. The van der Waals surface area contributed by atoms with Gasteiger partial charge in [-0.15, -0.1) is 0 Å². The zero-order chi connectivity index (χ0) is 17.8. The summed E-state index contributed by atoms with van der Waals surface area (Å²) in [7, 11) is 0. The molecule has 2 aromatic rings. The highest BCUT2D eigenvalue weighted by Crippen LogP contribution is 2.39. The predicted molar refractivity (Wildman–Crippen MR) is 97.3 cm³/mol. The number of fused-ring (bicyclic) bond motifs is 2. The number of aryl methyl sites for hydroxylation is 1. The first-order valence-corrected chi connectivity index (χ1v) is 9.03. The molecular formula is C18H18ClFN6. The molecule has 1 aromatic heterocycles. The molecule has 3 aliphatic heterocycles. The van der Waals surface area contributed by atoms with E-state index < -0.39 is 0 Å². The molecule has 8 heteroatoms. The summed E-state index contributed by atoms with van der Waals surface area (Å²) in [6, 6.07) is 3.21. The van der Waals surface area contributed by atoms with E-state index in [2.05, 4.69) is 26.1 Å². The molecule has 0 radical (unpaired) electrons. The van der Waals surface area contributed by atoms with Crippen LogP contribution in [0.3, 0.4) is 0 Å². The first-order valence-electron chi connectivity index (χ1n) is 8.65. The number of rotatable bonds is 2. The molecule has 1 fully saturated rings. The van der Waals surface area contributed by atoms with Gasteiger partial charge in [-0.3, -0.25) is 0 Å². The van der Waals surface area contributed by atoms with Gasteiger partial charge in [-0.25, -0.2) is 14.1 Å². The Kier molecular flexibility index (Phi) is 3.46. The number of hydrogen-bond acceptors (Lipinski definition) is 5. The van der Waals surface area contributed by atoms with Gasteiger partial charge in [0.1, 0.15) is 18.8 Å². The topological polar surface area (TPSA) is 40.4 Å². The van der Waals surface area contributed by atoms with Crippen molar-refractivity contribution in [2.24, 2.45) is 0 Å². The molecule has 5 rings (SSSR count). The molecule has 0 saturated carbocycles. The molecule has 1 saturated heterocycles. The van der Waals surface area contributed by atoms with E-state index in [1.807, 2.05) is 34.8 Å². The fourth-order valence-corrected chi connectivity index (χ4v) is 4.05. The van der Waals surface area contributed by atoms with E-state index in [0.29, 0.717) is 17.4 Å². The summed E-state index contributed by atoms with van der Waals surface area (Å²) in [5, 5.41) is 4.72. The van der Waals surface area contributed by atoms with Gasteiger partial charge in [0.05, 0.1) is 5.69 Å². The van der Waals surface area contributed by atoms with Crippen LogP contribution in [0, 0.1) is 12.7 Å². The fraction of sp³-hybridized carbons (Fsp3) is 0.333. The van der Waals surface area contributed by atoms with E-state index in [9.17, 15) is 4.39 Å². The lowest BCUT2D eigenvalue weighted by atomic mass is 10.2. The summed E-state index contributed by atoms with van der Waals surface area (Å²) < 4.78 is 16.6. The normalized spacial score (nSPS) is 21.3. The highest BCUT2D eigenvalue weighted by atomic mass is 35.5. The maximum atomic E-state index is 14.8. The first-order chi connectivity index (χ1) is 12.6. The molecule has 1 unspecified atom stereocenters. The molecule has 0 spiro atoms. The number of nitrogens with zero attached hydrogens (tertiary/aromatic N) is 6. The Morgan fingerprint density at radius 2 is 2.19 bits per heavy atom. The maximum absolute atomic E-state index is 14.8. The van der Waals surface area contributed by atoms with Crippen LogP contribution < -0.4 is 4.90 Å². The molecule has 0 amide bonds. The lowest BCUT2D eigenvalue weighted by molar-refractivity contribution is 0.105. The predicted octanol–water partition coefficient (Wildman–Crippen LogP) is 3.36. The SMILES string of the molecule is Cc1cc(N2C=C3CCCN3C2N2C=Cc3ncnn3C2)c(F)cc1Cl. The summed E-state index contributed by atoms with van der Waals surface area (Å²) in [6.07, 6.45) is 9.56. The second kappa shape index (κ2) is 5.74. The largest absolute Gasteiger partial charge is 0.336 e. The highest BCUT2D eigenvalue weighted by molar-refractivity contribution is 6.31. The Hall–Kier alpha value is -2.54. The van der Waals surface area contributed by atoms with Crippen LogP contribution in [0.15, 0.2) is 36.6 Å². The van der Waals surface area contributed by atoms with Crippen LogP contribution in [-0.2, 0) is 6.67 Å². The van der Waals surface area contributed by atoms with E-state index in [4.69, 9.17) is 11.6 Å². The third-order valence-electron chi connectivity index (χ3n) is 5.18. The average molecular weight is 373 g/mol. The lowest BCUT2D eigenvalue weighted by Gasteiger charge is -2.41. The van der Waals surface area contributed by atoms with Gasteiger partial charge in [-0.2, -0.15) is 5.10 Å². The van der Waals surface area contributed by atoms with E-state index in [0.717, 1.165) is 30.8 Å². The van der Waals surface area contributed by atoms with E-state index in [1.165, 1.54) is 11.8 Å². The van der Waals surface area contributed by atoms with Crippen molar-refractivity contribution in [3.63, 3.8) is 0 Å². The number of allylic oxidation sites excluding steroid dienone is 1. The molecule has 26 heavy (non-hydrogen) atoms. The Morgan fingerprint density at radius 1 is 1.31 bits per heavy atom. The van der Waals surface area contributed by atoms with Crippen molar-refractivity contribution in [1.82, 2.24) is 24.6 Å². The zero-order valence-electron chi connectivity index (χ0n) is 14.3. The molecule has 0 N–H and O–H groups in total. The minimum Gasteiger partial charge on any atom is -0.336 e. The minimum absolute atomic E-state index is 0.129. The number of hydrogen-bond donors (Lipinski definition) is 0. The highest BCUT2D eigenvalue weighted by Gasteiger charge is 2.40. The van der Waals surface area contributed by atoms with E-state index >= 15 is 0 Å². The third kappa shape index (κ3) is 2.30. The minimum atomic E-state index is -0.314. The average Bonchev–Trinajstić information content (AvgIpc) is 3.32.